The van der Waals surface area contributed by atoms with Crippen molar-refractivity contribution < 1.29 is 9.63 Å². The van der Waals surface area contributed by atoms with E-state index in [0.717, 1.165) is 10.0 Å². The lowest BCUT2D eigenvalue weighted by Crippen LogP contribution is -2.25. The molecule has 0 aliphatic rings. The normalized spacial score (nSPS) is 9.12. The summed E-state index contributed by atoms with van der Waals surface area (Å²) in [6.45, 7) is 5.94. The minimum atomic E-state index is -0.164. The molecule has 1 amide bonds. The number of hydrogen-bond acceptors (Lipinski definition) is 2. The highest BCUT2D eigenvalue weighted by atomic mass is 79.9. The molecule has 4 heteroatoms. The summed E-state index contributed by atoms with van der Waals surface area (Å²) < 4.78 is 0.775. The number of nitrogens with zero attached hydrogens (tertiary/aromatic N) is 1. The third-order valence-electron chi connectivity index (χ3n) is 1.91. The Morgan fingerprint density at radius 1 is 1.38 bits per heavy atom. The first-order chi connectivity index (χ1) is 7.56. The van der Waals surface area contributed by atoms with Gasteiger partial charge in [0.1, 0.15) is 0 Å². The number of amides is 1. The van der Waals surface area contributed by atoms with Crippen molar-refractivity contribution in [3.8, 4) is 0 Å². The van der Waals surface area contributed by atoms with Gasteiger partial charge >= 0.3 is 0 Å². The Hall–Kier alpha value is -0.870. The highest BCUT2D eigenvalue weighted by molar-refractivity contribution is 9.10. The fourth-order valence-electron chi connectivity index (χ4n) is 1.06. The van der Waals surface area contributed by atoms with Gasteiger partial charge in [0, 0.05) is 11.5 Å². The van der Waals surface area contributed by atoms with Gasteiger partial charge in [0.05, 0.1) is 12.7 Å². The van der Waals surface area contributed by atoms with Gasteiger partial charge in [0.15, 0.2) is 0 Å². The highest BCUT2D eigenvalue weighted by Gasteiger charge is 2.14. The second kappa shape index (κ2) is 7.41. The summed E-state index contributed by atoms with van der Waals surface area (Å²) in [6, 6.07) is 5.61. The third-order valence-corrected chi connectivity index (χ3v) is 2.60. The van der Waals surface area contributed by atoms with Crippen LogP contribution in [0.1, 0.15) is 29.8 Å². The van der Waals surface area contributed by atoms with E-state index in [-0.39, 0.29) is 5.91 Å². The van der Waals surface area contributed by atoms with E-state index < -0.39 is 0 Å². The first-order valence-corrected chi connectivity index (χ1v) is 5.94. The zero-order valence-corrected chi connectivity index (χ0v) is 12.0. The minimum Gasteiger partial charge on any atom is -0.274 e. The van der Waals surface area contributed by atoms with Crippen LogP contribution in [0.25, 0.3) is 0 Å². The van der Waals surface area contributed by atoms with Gasteiger partial charge in [-0.25, -0.2) is 5.06 Å². The van der Waals surface area contributed by atoms with Gasteiger partial charge in [0.2, 0.25) is 0 Å². The molecule has 90 valence electrons. The number of hydrogen-bond donors (Lipinski definition) is 0. The molecule has 0 radical (unpaired) electrons. The fraction of sp³-hybridized carbons (Fsp3) is 0.417. The van der Waals surface area contributed by atoms with Gasteiger partial charge < -0.3 is 0 Å². The molecule has 0 spiro atoms. The molecular formula is C12H18BrNO2. The monoisotopic (exact) mass is 287 g/mol. The summed E-state index contributed by atoms with van der Waals surface area (Å²) in [7, 11) is 3.04. The van der Waals surface area contributed by atoms with Gasteiger partial charge in [0.25, 0.3) is 5.91 Å². The first-order valence-electron chi connectivity index (χ1n) is 5.14. The Morgan fingerprint density at radius 3 is 2.44 bits per heavy atom. The molecule has 0 atom stereocenters. The molecule has 3 nitrogen and oxygen atoms in total. The predicted octanol–water partition coefficient (Wildman–Crippen LogP) is 3.42. The van der Waals surface area contributed by atoms with Crippen molar-refractivity contribution in [1.82, 2.24) is 5.06 Å². The van der Waals surface area contributed by atoms with E-state index in [1.54, 1.807) is 7.05 Å². The van der Waals surface area contributed by atoms with Gasteiger partial charge in [-0.15, -0.1) is 0 Å². The maximum Gasteiger partial charge on any atom is 0.278 e. The van der Waals surface area contributed by atoms with E-state index in [2.05, 4.69) is 15.9 Å². The molecule has 0 saturated carbocycles. The van der Waals surface area contributed by atoms with Crippen molar-refractivity contribution in [2.75, 3.05) is 14.2 Å². The van der Waals surface area contributed by atoms with E-state index >= 15 is 0 Å². The topological polar surface area (TPSA) is 29.5 Å². The predicted molar refractivity (Wildman–Crippen MR) is 69.3 cm³/mol. The van der Waals surface area contributed by atoms with Gasteiger partial charge in [-0.1, -0.05) is 25.5 Å². The molecule has 0 fully saturated rings. The van der Waals surface area contributed by atoms with Crippen molar-refractivity contribution in [2.24, 2.45) is 0 Å². The average Bonchev–Trinajstić information content (AvgIpc) is 2.33. The summed E-state index contributed by atoms with van der Waals surface area (Å²) in [5.74, 6) is -0.164. The molecule has 0 bridgehead atoms. The maximum atomic E-state index is 11.7. The van der Waals surface area contributed by atoms with E-state index in [9.17, 15) is 4.79 Å². The lowest BCUT2D eigenvalue weighted by Gasteiger charge is -2.14. The zero-order valence-electron chi connectivity index (χ0n) is 10.4. The molecule has 1 aromatic rings. The van der Waals surface area contributed by atoms with Crippen LogP contribution in [-0.4, -0.2) is 25.1 Å². The van der Waals surface area contributed by atoms with Crippen LogP contribution in [0.15, 0.2) is 22.7 Å². The van der Waals surface area contributed by atoms with Crippen LogP contribution < -0.4 is 0 Å². The van der Waals surface area contributed by atoms with Crippen LogP contribution in [0.4, 0.5) is 0 Å². The number of aryl methyl sites for hydroxylation is 1. The molecule has 0 N–H and O–H groups in total. The number of benzene rings is 1. The van der Waals surface area contributed by atoms with Crippen LogP contribution in [0.3, 0.4) is 0 Å². The summed E-state index contributed by atoms with van der Waals surface area (Å²) in [5, 5.41) is 1.19. The Labute approximate surface area is 105 Å². The van der Waals surface area contributed by atoms with E-state index in [1.807, 2.05) is 39.0 Å². The maximum absolute atomic E-state index is 11.7. The summed E-state index contributed by atoms with van der Waals surface area (Å²) in [5.41, 5.74) is 1.65. The summed E-state index contributed by atoms with van der Waals surface area (Å²) in [6.07, 6.45) is 0. The molecule has 1 aromatic carbocycles. The zero-order chi connectivity index (χ0) is 12.7. The SMILES string of the molecule is CC.CON(C)C(=O)c1cc(C)ccc1Br. The molecule has 1 rings (SSSR count). The van der Waals surface area contributed by atoms with Gasteiger partial charge in [-0.05, 0) is 35.0 Å². The van der Waals surface area contributed by atoms with Gasteiger partial charge in [-0.3, -0.25) is 9.63 Å². The van der Waals surface area contributed by atoms with Gasteiger partial charge in [-0.2, -0.15) is 0 Å². The lowest BCUT2D eigenvalue weighted by atomic mass is 10.1. The van der Waals surface area contributed by atoms with Crippen LogP contribution in [0, 0.1) is 6.92 Å². The molecule has 0 aliphatic carbocycles. The molecule has 0 aliphatic heterocycles. The smallest absolute Gasteiger partial charge is 0.274 e. The molecule has 16 heavy (non-hydrogen) atoms. The Kier molecular flexibility index (Phi) is 7.01. The minimum absolute atomic E-state index is 0.164. The van der Waals surface area contributed by atoms with E-state index in [0.29, 0.717) is 5.56 Å². The fourth-order valence-corrected chi connectivity index (χ4v) is 1.47. The van der Waals surface area contributed by atoms with Crippen molar-refractivity contribution >= 4 is 21.8 Å². The second-order valence-corrected chi connectivity index (χ2v) is 3.82. The number of rotatable bonds is 2. The number of carbonyl (C=O) groups excluding carboxylic acids is 1. The molecular weight excluding hydrogens is 270 g/mol. The Balaban J connectivity index is 0.00000106. The van der Waals surface area contributed by atoms with Crippen molar-refractivity contribution in [1.29, 1.82) is 0 Å². The highest BCUT2D eigenvalue weighted by Crippen LogP contribution is 2.19. The Morgan fingerprint density at radius 2 is 1.94 bits per heavy atom. The third kappa shape index (κ3) is 3.94. The Bertz CT molecular complexity index is 353. The second-order valence-electron chi connectivity index (χ2n) is 2.97. The molecule has 0 aromatic heterocycles. The van der Waals surface area contributed by atoms with Crippen LogP contribution in [-0.2, 0) is 4.84 Å². The van der Waals surface area contributed by atoms with Crippen molar-refractivity contribution in [3.05, 3.63) is 33.8 Å². The van der Waals surface area contributed by atoms with Crippen LogP contribution >= 0.6 is 15.9 Å². The number of hydroxylamine groups is 2. The first kappa shape index (κ1) is 15.1. The standard InChI is InChI=1S/C10H12BrNO2.C2H6/c1-7-4-5-9(11)8(6-7)10(13)12(2)14-3;1-2/h4-6H,1-3H3;1-2H3. The van der Waals surface area contributed by atoms with Crippen LogP contribution in [0.5, 0.6) is 0 Å². The lowest BCUT2D eigenvalue weighted by molar-refractivity contribution is -0.0757. The molecule has 0 unspecified atom stereocenters. The largest absolute Gasteiger partial charge is 0.278 e. The molecule has 0 heterocycles. The van der Waals surface area contributed by atoms with E-state index in [4.69, 9.17) is 4.84 Å². The number of halogens is 1. The summed E-state index contributed by atoms with van der Waals surface area (Å²) in [4.78, 5) is 16.5. The quantitative estimate of drug-likeness (QED) is 0.780. The van der Waals surface area contributed by atoms with E-state index in [1.165, 1.54) is 12.2 Å². The van der Waals surface area contributed by atoms with Crippen LogP contribution in [0.2, 0.25) is 0 Å². The van der Waals surface area contributed by atoms with Crippen molar-refractivity contribution in [2.45, 2.75) is 20.8 Å². The number of carbonyl (C=O) groups is 1. The van der Waals surface area contributed by atoms with Crippen molar-refractivity contribution in [3.63, 3.8) is 0 Å². The molecule has 0 saturated heterocycles. The summed E-state index contributed by atoms with van der Waals surface area (Å²) >= 11 is 3.33. The average molecular weight is 288 g/mol.